The minimum atomic E-state index is -1.10. The summed E-state index contributed by atoms with van der Waals surface area (Å²) >= 11 is 3.52. The second-order valence-corrected chi connectivity index (χ2v) is 8.93. The molecule has 0 radical (unpaired) electrons. The second kappa shape index (κ2) is 7.50. The molecule has 0 amide bonds. The van der Waals surface area contributed by atoms with Crippen LogP contribution in [0.1, 0.15) is 35.2 Å². The van der Waals surface area contributed by atoms with Crippen LogP contribution < -0.4 is 0 Å². The molecular weight excluding hydrogens is 452 g/mol. The molecule has 2 heterocycles. The SMILES string of the molecule is Cc1[nH]c2ccccc2c1[C@@H](c1ccc(Br)cc1)[C@]1(C)N=C(c2ccccc2)OC1=O. The number of aromatic nitrogens is 1. The van der Waals surface area contributed by atoms with E-state index in [1.807, 2.05) is 80.6 Å². The normalized spacial score (nSPS) is 19.3. The zero-order valence-corrected chi connectivity index (χ0v) is 18.8. The number of cyclic esters (lactones) is 1. The van der Waals surface area contributed by atoms with Gasteiger partial charge in [0.25, 0.3) is 0 Å². The number of nitrogens with one attached hydrogen (secondary N) is 1. The minimum absolute atomic E-state index is 0.314. The van der Waals surface area contributed by atoms with Gasteiger partial charge in [-0.15, -0.1) is 0 Å². The number of hydrogen-bond donors (Lipinski definition) is 1. The largest absolute Gasteiger partial charge is 0.405 e. The lowest BCUT2D eigenvalue weighted by Crippen LogP contribution is -2.38. The number of aryl methyl sites for hydroxylation is 1. The highest BCUT2D eigenvalue weighted by Crippen LogP contribution is 2.45. The molecule has 3 aromatic carbocycles. The molecule has 0 bridgehead atoms. The van der Waals surface area contributed by atoms with Gasteiger partial charge in [0.2, 0.25) is 5.90 Å². The monoisotopic (exact) mass is 472 g/mol. The van der Waals surface area contributed by atoms with Crippen LogP contribution in [-0.2, 0) is 9.53 Å². The number of carbonyl (C=O) groups is 1. The number of para-hydroxylation sites is 1. The van der Waals surface area contributed by atoms with Crippen molar-refractivity contribution in [2.24, 2.45) is 4.99 Å². The third-order valence-electron chi connectivity index (χ3n) is 5.95. The summed E-state index contributed by atoms with van der Waals surface area (Å²) in [5.74, 6) is -0.290. The summed E-state index contributed by atoms with van der Waals surface area (Å²) in [6, 6.07) is 25.8. The zero-order valence-electron chi connectivity index (χ0n) is 17.2. The Bertz CT molecular complexity index is 1310. The van der Waals surface area contributed by atoms with Crippen molar-refractivity contribution in [1.82, 2.24) is 4.98 Å². The first kappa shape index (κ1) is 19.8. The number of fused-ring (bicyclic) bond motifs is 1. The van der Waals surface area contributed by atoms with Gasteiger partial charge in [-0.25, -0.2) is 9.79 Å². The predicted octanol–water partition coefficient (Wildman–Crippen LogP) is 6.13. The lowest BCUT2D eigenvalue weighted by molar-refractivity contribution is -0.138. The Kier molecular flexibility index (Phi) is 4.78. The number of ether oxygens (including phenoxy) is 1. The predicted molar refractivity (Wildman–Crippen MR) is 126 cm³/mol. The van der Waals surface area contributed by atoms with Gasteiger partial charge in [-0.2, -0.15) is 0 Å². The van der Waals surface area contributed by atoms with E-state index in [9.17, 15) is 4.79 Å². The van der Waals surface area contributed by atoms with E-state index in [0.717, 1.165) is 37.8 Å². The number of halogens is 1. The van der Waals surface area contributed by atoms with Gasteiger partial charge in [0.05, 0.1) is 0 Å². The van der Waals surface area contributed by atoms with Crippen LogP contribution in [0.5, 0.6) is 0 Å². The average Bonchev–Trinajstić information content (AvgIpc) is 3.27. The standard InChI is InChI=1S/C26H21BrN2O2/c1-16-22(20-10-6-7-11-21(20)28-16)23(17-12-14-19(27)15-13-17)26(2)25(30)31-24(29-26)18-8-4-3-5-9-18/h3-15,23,28H,1-2H3/t23-,26+/m1/s1. The Labute approximate surface area is 189 Å². The molecule has 0 saturated heterocycles. The molecule has 1 aromatic heterocycles. The van der Waals surface area contributed by atoms with E-state index in [4.69, 9.17) is 9.73 Å². The van der Waals surface area contributed by atoms with Gasteiger partial charge >= 0.3 is 5.97 Å². The van der Waals surface area contributed by atoms with Crippen molar-refractivity contribution in [2.45, 2.75) is 25.3 Å². The Hall–Kier alpha value is -3.18. The van der Waals surface area contributed by atoms with E-state index in [-0.39, 0.29) is 11.9 Å². The van der Waals surface area contributed by atoms with Gasteiger partial charge < -0.3 is 9.72 Å². The molecule has 4 nitrogen and oxygen atoms in total. The van der Waals surface area contributed by atoms with E-state index >= 15 is 0 Å². The van der Waals surface area contributed by atoms with Crippen molar-refractivity contribution in [2.75, 3.05) is 0 Å². The van der Waals surface area contributed by atoms with Crippen molar-refractivity contribution in [3.8, 4) is 0 Å². The average molecular weight is 473 g/mol. The van der Waals surface area contributed by atoms with Gasteiger partial charge in [-0.05, 0) is 55.3 Å². The van der Waals surface area contributed by atoms with Crippen LogP contribution in [0.15, 0.2) is 88.3 Å². The van der Waals surface area contributed by atoms with Crippen molar-refractivity contribution >= 4 is 38.7 Å². The third kappa shape index (κ3) is 3.29. The van der Waals surface area contributed by atoms with Crippen LogP contribution in [0, 0.1) is 6.92 Å². The zero-order chi connectivity index (χ0) is 21.6. The third-order valence-corrected chi connectivity index (χ3v) is 6.48. The highest BCUT2D eigenvalue weighted by molar-refractivity contribution is 9.10. The van der Waals surface area contributed by atoms with Crippen LogP contribution in [0.3, 0.4) is 0 Å². The molecule has 5 heteroatoms. The van der Waals surface area contributed by atoms with Gasteiger partial charge in [0.1, 0.15) is 0 Å². The highest BCUT2D eigenvalue weighted by Gasteiger charge is 2.50. The fraction of sp³-hybridized carbons (Fsp3) is 0.154. The first-order valence-corrected chi connectivity index (χ1v) is 11.0. The lowest BCUT2D eigenvalue weighted by atomic mass is 9.75. The molecule has 0 aliphatic carbocycles. The molecule has 1 N–H and O–H groups in total. The maximum atomic E-state index is 13.3. The highest BCUT2D eigenvalue weighted by atomic mass is 79.9. The molecule has 1 aliphatic rings. The van der Waals surface area contributed by atoms with Gasteiger partial charge in [0.15, 0.2) is 5.54 Å². The van der Waals surface area contributed by atoms with Gasteiger partial charge in [-0.1, -0.05) is 64.5 Å². The molecule has 154 valence electrons. The van der Waals surface area contributed by atoms with Crippen molar-refractivity contribution in [3.63, 3.8) is 0 Å². The van der Waals surface area contributed by atoms with Crippen LogP contribution >= 0.6 is 15.9 Å². The van der Waals surface area contributed by atoms with Crippen molar-refractivity contribution in [1.29, 1.82) is 0 Å². The molecule has 0 saturated carbocycles. The maximum Gasteiger partial charge on any atom is 0.341 e. The first-order chi connectivity index (χ1) is 15.0. The van der Waals surface area contributed by atoms with E-state index in [2.05, 4.69) is 33.0 Å². The number of nitrogens with zero attached hydrogens (tertiary/aromatic N) is 1. The fourth-order valence-electron chi connectivity index (χ4n) is 4.45. The summed E-state index contributed by atoms with van der Waals surface area (Å²) < 4.78 is 6.72. The molecule has 1 aliphatic heterocycles. The molecule has 0 fully saturated rings. The molecule has 4 aromatic rings. The molecule has 5 rings (SSSR count). The first-order valence-electron chi connectivity index (χ1n) is 10.2. The summed E-state index contributed by atoms with van der Waals surface area (Å²) in [6.45, 7) is 3.92. The van der Waals surface area contributed by atoms with Crippen molar-refractivity contribution < 1.29 is 9.53 Å². The number of hydrogen-bond acceptors (Lipinski definition) is 3. The van der Waals surface area contributed by atoms with Crippen LogP contribution in [0.2, 0.25) is 0 Å². The van der Waals surface area contributed by atoms with Gasteiger partial charge in [0, 0.05) is 32.6 Å². The van der Waals surface area contributed by atoms with Crippen molar-refractivity contribution in [3.05, 3.63) is 106 Å². The molecule has 2 atom stereocenters. The number of rotatable bonds is 4. The number of esters is 1. The van der Waals surface area contributed by atoms with E-state index in [0.29, 0.717) is 5.90 Å². The smallest absolute Gasteiger partial charge is 0.341 e. The molecule has 0 spiro atoms. The maximum absolute atomic E-state index is 13.3. The topological polar surface area (TPSA) is 54.4 Å². The number of benzene rings is 3. The number of carbonyl (C=O) groups excluding carboxylic acids is 1. The second-order valence-electron chi connectivity index (χ2n) is 8.01. The Balaban J connectivity index is 1.75. The van der Waals surface area contributed by atoms with E-state index in [1.165, 1.54) is 0 Å². The van der Waals surface area contributed by atoms with Gasteiger partial charge in [-0.3, -0.25) is 0 Å². The number of H-pyrrole nitrogens is 1. The minimum Gasteiger partial charge on any atom is -0.405 e. The van der Waals surface area contributed by atoms with E-state index in [1.54, 1.807) is 0 Å². The summed E-state index contributed by atoms with van der Waals surface area (Å²) in [4.78, 5) is 21.7. The Morgan fingerprint density at radius 1 is 0.968 bits per heavy atom. The Morgan fingerprint density at radius 3 is 2.39 bits per heavy atom. The van der Waals surface area contributed by atoms with Crippen LogP contribution in [0.25, 0.3) is 10.9 Å². The number of aliphatic imine (C=N–C) groups is 1. The Morgan fingerprint density at radius 2 is 1.65 bits per heavy atom. The molecular formula is C26H21BrN2O2. The quantitative estimate of drug-likeness (QED) is 0.363. The summed E-state index contributed by atoms with van der Waals surface area (Å²) in [6.07, 6.45) is 0. The fourth-order valence-corrected chi connectivity index (χ4v) is 4.72. The summed E-state index contributed by atoms with van der Waals surface area (Å²) in [7, 11) is 0. The molecule has 0 unspecified atom stereocenters. The molecule has 31 heavy (non-hydrogen) atoms. The summed E-state index contributed by atoms with van der Waals surface area (Å²) in [5.41, 5.74) is 3.83. The van der Waals surface area contributed by atoms with Crippen LogP contribution in [0.4, 0.5) is 0 Å². The number of aromatic amines is 1. The van der Waals surface area contributed by atoms with Crippen LogP contribution in [-0.4, -0.2) is 22.4 Å². The summed E-state index contributed by atoms with van der Waals surface area (Å²) in [5, 5.41) is 1.09. The van der Waals surface area contributed by atoms with E-state index < -0.39 is 5.54 Å². The lowest BCUT2D eigenvalue weighted by Gasteiger charge is -2.29.